The Morgan fingerprint density at radius 1 is 1.06 bits per heavy atom. The topological polar surface area (TPSA) is 111 Å². The van der Waals surface area contributed by atoms with Gasteiger partial charge in [0.2, 0.25) is 16.0 Å². The largest absolute Gasteiger partial charge is 0.380 e. The normalized spacial score (nSPS) is 11.6. The zero-order valence-corrected chi connectivity index (χ0v) is 18.8. The first-order valence-electron chi connectivity index (χ1n) is 10.3. The van der Waals surface area contributed by atoms with E-state index in [-0.39, 0.29) is 11.4 Å². The molecule has 3 aromatic rings. The van der Waals surface area contributed by atoms with Gasteiger partial charge in [-0.2, -0.15) is 0 Å². The molecule has 0 aliphatic rings. The van der Waals surface area contributed by atoms with Crippen molar-refractivity contribution < 1.29 is 13.2 Å². The number of rotatable bonds is 11. The van der Waals surface area contributed by atoms with Crippen LogP contribution in [0.1, 0.15) is 26.6 Å². The van der Waals surface area contributed by atoms with E-state index < -0.39 is 10.0 Å². The van der Waals surface area contributed by atoms with Crippen molar-refractivity contribution >= 4 is 21.7 Å². The second-order valence-electron chi connectivity index (χ2n) is 6.67. The van der Waals surface area contributed by atoms with Gasteiger partial charge >= 0.3 is 0 Å². The van der Waals surface area contributed by atoms with E-state index in [0.29, 0.717) is 24.8 Å². The fourth-order valence-corrected chi connectivity index (χ4v) is 4.15. The van der Waals surface area contributed by atoms with Crippen LogP contribution in [0.15, 0.2) is 47.6 Å². The second kappa shape index (κ2) is 10.5. The predicted octanol–water partition coefficient (Wildman–Crippen LogP) is 2.98. The summed E-state index contributed by atoms with van der Waals surface area (Å²) in [6, 6.07) is 8.28. The minimum Gasteiger partial charge on any atom is -0.380 e. The molecule has 31 heavy (non-hydrogen) atoms. The minimum atomic E-state index is -3.58. The SMILES string of the molecule is CCOCCNS(=O)(=O)c1ccc(Nc2nccc(-c3cnc(CC)n3CC)n2)cc1. The molecule has 3 rings (SSSR count). The molecule has 9 nitrogen and oxygen atoms in total. The van der Waals surface area contributed by atoms with Crippen molar-refractivity contribution in [1.29, 1.82) is 0 Å². The van der Waals surface area contributed by atoms with Crippen molar-refractivity contribution in [2.24, 2.45) is 0 Å². The van der Waals surface area contributed by atoms with Gasteiger partial charge < -0.3 is 14.6 Å². The molecule has 0 unspecified atom stereocenters. The molecule has 2 N–H and O–H groups in total. The molecule has 2 heterocycles. The molecule has 2 aromatic heterocycles. The number of anilines is 2. The number of hydrogen-bond acceptors (Lipinski definition) is 7. The lowest BCUT2D eigenvalue weighted by Crippen LogP contribution is -2.27. The van der Waals surface area contributed by atoms with Crippen LogP contribution < -0.4 is 10.0 Å². The van der Waals surface area contributed by atoms with Crippen molar-refractivity contribution in [1.82, 2.24) is 24.2 Å². The average Bonchev–Trinajstić information content (AvgIpc) is 3.20. The molecule has 0 bridgehead atoms. The highest BCUT2D eigenvalue weighted by molar-refractivity contribution is 7.89. The molecular formula is C21H28N6O3S. The summed E-state index contributed by atoms with van der Waals surface area (Å²) in [5.41, 5.74) is 2.39. The summed E-state index contributed by atoms with van der Waals surface area (Å²) in [4.78, 5) is 13.5. The Hall–Kier alpha value is -2.82. The highest BCUT2D eigenvalue weighted by atomic mass is 32.2. The summed E-state index contributed by atoms with van der Waals surface area (Å²) in [6.07, 6.45) is 4.36. The molecule has 166 valence electrons. The van der Waals surface area contributed by atoms with Crippen LogP contribution in [0, 0.1) is 0 Å². The van der Waals surface area contributed by atoms with E-state index in [1.165, 1.54) is 12.1 Å². The average molecular weight is 445 g/mol. The fourth-order valence-electron chi connectivity index (χ4n) is 3.14. The van der Waals surface area contributed by atoms with Crippen LogP contribution in [0.5, 0.6) is 0 Å². The Morgan fingerprint density at radius 3 is 2.52 bits per heavy atom. The van der Waals surface area contributed by atoms with Crippen LogP contribution in [0.3, 0.4) is 0 Å². The highest BCUT2D eigenvalue weighted by Gasteiger charge is 2.14. The molecule has 0 spiro atoms. The number of aryl methyl sites for hydroxylation is 1. The van der Waals surface area contributed by atoms with E-state index in [0.717, 1.165) is 30.2 Å². The summed E-state index contributed by atoms with van der Waals surface area (Å²) < 4.78 is 34.5. The van der Waals surface area contributed by atoms with E-state index in [1.807, 2.05) is 19.2 Å². The van der Waals surface area contributed by atoms with E-state index in [9.17, 15) is 8.42 Å². The molecule has 0 amide bonds. The third kappa shape index (κ3) is 5.66. The molecule has 0 aliphatic carbocycles. The standard InChI is InChI=1S/C21H28N6O3S/c1-4-20-23-15-19(27(20)5-2)18-11-12-22-21(26-18)25-16-7-9-17(10-8-16)31(28,29)24-13-14-30-6-3/h7-12,15,24H,4-6,13-14H2,1-3H3,(H,22,25,26). The molecule has 0 aliphatic heterocycles. The second-order valence-corrected chi connectivity index (χ2v) is 8.43. The minimum absolute atomic E-state index is 0.183. The first-order chi connectivity index (χ1) is 15.0. The van der Waals surface area contributed by atoms with Crippen molar-refractivity contribution in [3.8, 4) is 11.4 Å². The van der Waals surface area contributed by atoms with Gasteiger partial charge in [-0.05, 0) is 44.2 Å². The summed E-state index contributed by atoms with van der Waals surface area (Å²) in [7, 11) is -3.58. The molecule has 0 atom stereocenters. The number of nitrogens with zero attached hydrogens (tertiary/aromatic N) is 4. The summed E-state index contributed by atoms with van der Waals surface area (Å²) in [5, 5.41) is 3.12. The number of nitrogens with one attached hydrogen (secondary N) is 2. The first-order valence-corrected chi connectivity index (χ1v) is 11.8. The van der Waals surface area contributed by atoms with E-state index >= 15 is 0 Å². The lowest BCUT2D eigenvalue weighted by Gasteiger charge is -2.10. The Morgan fingerprint density at radius 2 is 1.84 bits per heavy atom. The van der Waals surface area contributed by atoms with Crippen molar-refractivity contribution in [3.63, 3.8) is 0 Å². The Balaban J connectivity index is 1.72. The van der Waals surface area contributed by atoms with E-state index in [2.05, 4.69) is 43.4 Å². The summed E-state index contributed by atoms with van der Waals surface area (Å²) in [5.74, 6) is 1.43. The molecule has 0 fully saturated rings. The van der Waals surface area contributed by atoms with E-state index in [4.69, 9.17) is 4.74 Å². The lowest BCUT2D eigenvalue weighted by atomic mass is 10.3. The van der Waals surface area contributed by atoms with Crippen molar-refractivity contribution in [2.45, 2.75) is 38.6 Å². The third-order valence-electron chi connectivity index (χ3n) is 4.65. The molecule has 10 heteroatoms. The molecule has 0 saturated carbocycles. The maximum absolute atomic E-state index is 12.3. The number of imidazole rings is 1. The Bertz CT molecular complexity index is 1100. The lowest BCUT2D eigenvalue weighted by molar-refractivity contribution is 0.153. The van der Waals surface area contributed by atoms with Gasteiger partial charge in [-0.1, -0.05) is 6.92 Å². The molecule has 0 radical (unpaired) electrons. The predicted molar refractivity (Wildman–Crippen MR) is 120 cm³/mol. The summed E-state index contributed by atoms with van der Waals surface area (Å²) >= 11 is 0. The van der Waals surface area contributed by atoms with Crippen LogP contribution >= 0.6 is 0 Å². The van der Waals surface area contributed by atoms with E-state index in [1.54, 1.807) is 18.3 Å². The molecular weight excluding hydrogens is 416 g/mol. The maximum Gasteiger partial charge on any atom is 0.240 e. The number of benzene rings is 1. The zero-order valence-electron chi connectivity index (χ0n) is 18.0. The number of sulfonamides is 1. The van der Waals surface area contributed by atoms with Crippen LogP contribution in [-0.2, 0) is 27.7 Å². The van der Waals surface area contributed by atoms with Gasteiger partial charge in [0.25, 0.3) is 0 Å². The van der Waals surface area contributed by atoms with Gasteiger partial charge in [-0.15, -0.1) is 0 Å². The Kier molecular flexibility index (Phi) is 7.72. The fraction of sp³-hybridized carbons (Fsp3) is 0.381. The van der Waals surface area contributed by atoms with Crippen LogP contribution in [0.25, 0.3) is 11.4 Å². The molecule has 1 aromatic carbocycles. The highest BCUT2D eigenvalue weighted by Crippen LogP contribution is 2.22. The number of hydrogen-bond donors (Lipinski definition) is 2. The van der Waals surface area contributed by atoms with Gasteiger partial charge in [0.15, 0.2) is 0 Å². The quantitative estimate of drug-likeness (QED) is 0.437. The van der Waals surface area contributed by atoms with Crippen molar-refractivity contribution in [2.75, 3.05) is 25.1 Å². The van der Waals surface area contributed by atoms with Gasteiger partial charge in [-0.3, -0.25) is 0 Å². The van der Waals surface area contributed by atoms with Gasteiger partial charge in [0.1, 0.15) is 5.82 Å². The van der Waals surface area contributed by atoms with Crippen LogP contribution in [0.2, 0.25) is 0 Å². The number of ether oxygens (including phenoxy) is 1. The first kappa shape index (κ1) is 22.9. The summed E-state index contributed by atoms with van der Waals surface area (Å²) in [6.45, 7) is 7.92. The van der Waals surface area contributed by atoms with Crippen LogP contribution in [-0.4, -0.2) is 47.7 Å². The maximum atomic E-state index is 12.3. The van der Waals surface area contributed by atoms with Gasteiger partial charge in [-0.25, -0.2) is 28.1 Å². The van der Waals surface area contributed by atoms with Gasteiger partial charge in [0.05, 0.1) is 29.1 Å². The van der Waals surface area contributed by atoms with Crippen molar-refractivity contribution in [3.05, 3.63) is 48.5 Å². The zero-order chi connectivity index (χ0) is 22.3. The third-order valence-corrected chi connectivity index (χ3v) is 6.13. The molecule has 0 saturated heterocycles. The number of aromatic nitrogens is 4. The van der Waals surface area contributed by atoms with Crippen LogP contribution in [0.4, 0.5) is 11.6 Å². The smallest absolute Gasteiger partial charge is 0.240 e. The van der Waals surface area contributed by atoms with Gasteiger partial charge in [0, 0.05) is 38.0 Å². The Labute approximate surface area is 183 Å². The monoisotopic (exact) mass is 444 g/mol.